The van der Waals surface area contributed by atoms with Crippen LogP contribution in [0.4, 0.5) is 0 Å². The molecule has 1 saturated carbocycles. The average molecular weight is 318 g/mol. The summed E-state index contributed by atoms with van der Waals surface area (Å²) < 4.78 is 11.5. The molecule has 2 saturated heterocycles. The lowest BCUT2D eigenvalue weighted by molar-refractivity contribution is -0.160. The van der Waals surface area contributed by atoms with Gasteiger partial charge in [-0.15, -0.1) is 0 Å². The van der Waals surface area contributed by atoms with Crippen LogP contribution in [0.2, 0.25) is 0 Å². The summed E-state index contributed by atoms with van der Waals surface area (Å²) in [5.41, 5.74) is 2.61. The van der Waals surface area contributed by atoms with Crippen LogP contribution in [0.5, 0.6) is 0 Å². The Balaban J connectivity index is 1.76. The van der Waals surface area contributed by atoms with Crippen molar-refractivity contribution in [1.82, 2.24) is 0 Å². The van der Waals surface area contributed by atoms with E-state index in [0.717, 1.165) is 38.5 Å². The fourth-order valence-corrected chi connectivity index (χ4v) is 4.39. The third-order valence-corrected chi connectivity index (χ3v) is 6.03. The molecule has 23 heavy (non-hydrogen) atoms. The summed E-state index contributed by atoms with van der Waals surface area (Å²) in [6.07, 6.45) is 8.62. The van der Waals surface area contributed by atoms with Crippen molar-refractivity contribution < 1.29 is 14.3 Å². The first kappa shape index (κ1) is 16.8. The monoisotopic (exact) mass is 318 g/mol. The topological polar surface area (TPSA) is 38.8 Å². The lowest BCUT2D eigenvalue weighted by atomic mass is 9.72. The van der Waals surface area contributed by atoms with Gasteiger partial charge < -0.3 is 9.47 Å². The average Bonchev–Trinajstić information content (AvgIpc) is 3.14. The molecule has 0 spiro atoms. The van der Waals surface area contributed by atoms with E-state index in [0.29, 0.717) is 24.5 Å². The molecule has 128 valence electrons. The number of carbonyl (C=O) groups is 1. The second-order valence-corrected chi connectivity index (χ2v) is 8.02. The lowest BCUT2D eigenvalue weighted by Crippen LogP contribution is -2.40. The molecule has 3 heteroatoms. The Hall–Kier alpha value is -1.09. The van der Waals surface area contributed by atoms with E-state index in [9.17, 15) is 4.79 Å². The number of cyclic esters (lactones) is 1. The minimum Gasteiger partial charge on any atom is -0.465 e. The zero-order valence-corrected chi connectivity index (χ0v) is 14.8. The Morgan fingerprint density at radius 1 is 1.39 bits per heavy atom. The fraction of sp³-hybridized carbons (Fsp3) is 0.750. The van der Waals surface area contributed by atoms with E-state index in [2.05, 4.69) is 33.4 Å². The SMILES string of the molecule is C=C1CC[C@@H]2O[C@@]2(C)CC[C@@H]2[C@H](CCC=C(C)C)C(=O)OC[C@@H]12. The van der Waals surface area contributed by atoms with Crippen molar-refractivity contribution in [3.05, 3.63) is 23.8 Å². The predicted molar refractivity (Wildman–Crippen MR) is 91.0 cm³/mol. The first-order valence-electron chi connectivity index (χ1n) is 9.06. The highest BCUT2D eigenvalue weighted by atomic mass is 16.6. The third kappa shape index (κ3) is 3.55. The van der Waals surface area contributed by atoms with Crippen LogP contribution in [-0.2, 0) is 14.3 Å². The molecular weight excluding hydrogens is 288 g/mol. The van der Waals surface area contributed by atoms with Gasteiger partial charge in [0.05, 0.1) is 24.2 Å². The van der Waals surface area contributed by atoms with E-state index < -0.39 is 0 Å². The van der Waals surface area contributed by atoms with E-state index >= 15 is 0 Å². The number of rotatable bonds is 3. The molecule has 3 aliphatic rings. The molecule has 0 radical (unpaired) electrons. The molecule has 0 N–H and O–H groups in total. The highest BCUT2D eigenvalue weighted by molar-refractivity contribution is 5.73. The molecule has 2 heterocycles. The van der Waals surface area contributed by atoms with Crippen molar-refractivity contribution in [1.29, 1.82) is 0 Å². The molecule has 0 unspecified atom stereocenters. The zero-order chi connectivity index (χ0) is 16.6. The smallest absolute Gasteiger partial charge is 0.309 e. The molecule has 0 amide bonds. The fourth-order valence-electron chi connectivity index (χ4n) is 4.39. The van der Waals surface area contributed by atoms with Crippen LogP contribution in [0.3, 0.4) is 0 Å². The normalized spacial score (nSPS) is 40.0. The van der Waals surface area contributed by atoms with E-state index in [1.54, 1.807) is 0 Å². The molecule has 3 nitrogen and oxygen atoms in total. The Kier molecular flexibility index (Phi) is 4.68. The molecule has 1 aliphatic carbocycles. The van der Waals surface area contributed by atoms with Gasteiger partial charge in [-0.3, -0.25) is 4.79 Å². The number of hydrogen-bond donors (Lipinski definition) is 0. The van der Waals surface area contributed by atoms with E-state index in [1.807, 2.05) is 0 Å². The number of epoxide rings is 1. The molecule has 5 atom stereocenters. The maximum atomic E-state index is 12.4. The number of allylic oxidation sites excluding steroid dienone is 2. The number of hydrogen-bond acceptors (Lipinski definition) is 3. The molecule has 0 bridgehead atoms. The Morgan fingerprint density at radius 2 is 2.17 bits per heavy atom. The van der Waals surface area contributed by atoms with Gasteiger partial charge >= 0.3 is 5.97 Å². The van der Waals surface area contributed by atoms with Gasteiger partial charge in [0.2, 0.25) is 0 Å². The second kappa shape index (κ2) is 6.43. The Labute approximate surface area is 140 Å². The van der Waals surface area contributed by atoms with Crippen molar-refractivity contribution in [3.8, 4) is 0 Å². The van der Waals surface area contributed by atoms with E-state index in [4.69, 9.17) is 9.47 Å². The lowest BCUT2D eigenvalue weighted by Gasteiger charge is -2.38. The van der Waals surface area contributed by atoms with Crippen molar-refractivity contribution >= 4 is 5.97 Å². The van der Waals surface area contributed by atoms with Gasteiger partial charge in [0.15, 0.2) is 0 Å². The summed E-state index contributed by atoms with van der Waals surface area (Å²) in [7, 11) is 0. The highest BCUT2D eigenvalue weighted by Crippen LogP contribution is 2.49. The van der Waals surface area contributed by atoms with Gasteiger partial charge in [0.1, 0.15) is 0 Å². The van der Waals surface area contributed by atoms with Crippen molar-refractivity contribution in [2.75, 3.05) is 6.61 Å². The molecule has 0 aromatic heterocycles. The Bertz CT molecular complexity index is 517. The standard InChI is InChI=1S/C20H30O3/c1-13(2)6-5-7-16-15-10-11-20(4)18(23-20)9-8-14(3)17(15)12-22-19(16)21/h6,15-18H,3,5,7-12H2,1-2,4H3/t15-,16+,17+,18+,20+/m1/s1. The molecular formula is C20H30O3. The molecule has 3 fully saturated rings. The summed E-state index contributed by atoms with van der Waals surface area (Å²) in [5, 5.41) is 0. The van der Waals surface area contributed by atoms with E-state index in [-0.39, 0.29) is 17.5 Å². The van der Waals surface area contributed by atoms with Crippen LogP contribution in [-0.4, -0.2) is 24.3 Å². The summed E-state index contributed by atoms with van der Waals surface area (Å²) in [5.74, 6) is 0.721. The van der Waals surface area contributed by atoms with Crippen LogP contribution in [0.15, 0.2) is 23.8 Å². The van der Waals surface area contributed by atoms with Gasteiger partial charge in [-0.1, -0.05) is 23.8 Å². The second-order valence-electron chi connectivity index (χ2n) is 8.02. The summed E-state index contributed by atoms with van der Waals surface area (Å²) in [4.78, 5) is 12.4. The van der Waals surface area contributed by atoms with Gasteiger partial charge in [-0.05, 0) is 65.2 Å². The minimum atomic E-state index is -0.00104. The van der Waals surface area contributed by atoms with Crippen LogP contribution in [0.1, 0.15) is 59.3 Å². The minimum absolute atomic E-state index is 0.00104. The first-order chi connectivity index (χ1) is 10.9. The van der Waals surface area contributed by atoms with Gasteiger partial charge in [-0.25, -0.2) is 0 Å². The maximum absolute atomic E-state index is 12.4. The summed E-state index contributed by atoms with van der Waals surface area (Å²) >= 11 is 0. The molecule has 0 aromatic carbocycles. The predicted octanol–water partition coefficient (Wildman–Crippen LogP) is 4.43. The maximum Gasteiger partial charge on any atom is 0.309 e. The zero-order valence-electron chi connectivity index (χ0n) is 14.8. The largest absolute Gasteiger partial charge is 0.465 e. The third-order valence-electron chi connectivity index (χ3n) is 6.03. The summed E-state index contributed by atoms with van der Waals surface area (Å²) in [6, 6.07) is 0. The number of ether oxygens (including phenoxy) is 2. The molecule has 0 aromatic rings. The quantitative estimate of drug-likeness (QED) is 0.439. The van der Waals surface area contributed by atoms with Gasteiger partial charge in [0.25, 0.3) is 0 Å². The molecule has 3 rings (SSSR count). The van der Waals surface area contributed by atoms with Crippen molar-refractivity contribution in [3.63, 3.8) is 0 Å². The van der Waals surface area contributed by atoms with Crippen LogP contribution >= 0.6 is 0 Å². The highest BCUT2D eigenvalue weighted by Gasteiger charge is 2.53. The van der Waals surface area contributed by atoms with Gasteiger partial charge in [-0.2, -0.15) is 0 Å². The van der Waals surface area contributed by atoms with Crippen LogP contribution < -0.4 is 0 Å². The van der Waals surface area contributed by atoms with Crippen molar-refractivity contribution in [2.24, 2.45) is 17.8 Å². The Morgan fingerprint density at radius 3 is 2.91 bits per heavy atom. The first-order valence-corrected chi connectivity index (χ1v) is 9.06. The van der Waals surface area contributed by atoms with Gasteiger partial charge in [0, 0.05) is 5.92 Å². The van der Waals surface area contributed by atoms with Crippen molar-refractivity contribution in [2.45, 2.75) is 71.0 Å². The van der Waals surface area contributed by atoms with Crippen LogP contribution in [0, 0.1) is 17.8 Å². The number of esters is 1. The number of carbonyl (C=O) groups excluding carboxylic acids is 1. The van der Waals surface area contributed by atoms with Crippen LogP contribution in [0.25, 0.3) is 0 Å². The number of fused-ring (bicyclic) bond motifs is 2. The van der Waals surface area contributed by atoms with E-state index in [1.165, 1.54) is 11.1 Å². The molecule has 2 aliphatic heterocycles. The summed E-state index contributed by atoms with van der Waals surface area (Å²) in [6.45, 7) is 11.3.